The molecule has 96 valence electrons. The molecule has 0 bridgehead atoms. The zero-order chi connectivity index (χ0) is 13.1. The Morgan fingerprint density at radius 2 is 2.17 bits per heavy atom. The number of nitrogens with zero attached hydrogens (tertiary/aromatic N) is 3. The van der Waals surface area contributed by atoms with Crippen molar-refractivity contribution in [3.05, 3.63) is 47.5 Å². The van der Waals surface area contributed by atoms with Gasteiger partial charge in [0.15, 0.2) is 0 Å². The van der Waals surface area contributed by atoms with Crippen LogP contribution < -0.4 is 5.73 Å². The van der Waals surface area contributed by atoms with Gasteiger partial charge in [0, 0.05) is 43.1 Å². The zero-order valence-corrected chi connectivity index (χ0v) is 10.6. The fourth-order valence-electron chi connectivity index (χ4n) is 1.93. The number of nitrogen functional groups attached to an aromatic ring is 1. The Kier molecular flexibility index (Phi) is 3.62. The Balaban J connectivity index is 2.05. The second-order valence-corrected chi connectivity index (χ2v) is 4.50. The summed E-state index contributed by atoms with van der Waals surface area (Å²) in [5.74, 6) is -0.256. The van der Waals surface area contributed by atoms with Crippen LogP contribution in [0.3, 0.4) is 0 Å². The smallest absolute Gasteiger partial charge is 0.129 e. The molecule has 1 aromatic heterocycles. The summed E-state index contributed by atoms with van der Waals surface area (Å²) in [7, 11) is 3.80. The molecule has 1 heterocycles. The third-order valence-corrected chi connectivity index (χ3v) is 2.79. The number of benzene rings is 1. The summed E-state index contributed by atoms with van der Waals surface area (Å²) >= 11 is 0. The van der Waals surface area contributed by atoms with Gasteiger partial charge in [0.05, 0.1) is 6.20 Å². The van der Waals surface area contributed by atoms with Crippen LogP contribution in [0, 0.1) is 5.82 Å². The quantitative estimate of drug-likeness (QED) is 0.839. The van der Waals surface area contributed by atoms with E-state index >= 15 is 0 Å². The first-order valence-corrected chi connectivity index (χ1v) is 5.75. The summed E-state index contributed by atoms with van der Waals surface area (Å²) in [6.45, 7) is 1.19. The maximum atomic E-state index is 13.6. The number of rotatable bonds is 4. The minimum absolute atomic E-state index is 0.256. The van der Waals surface area contributed by atoms with E-state index in [9.17, 15) is 4.39 Å². The molecule has 0 fully saturated rings. The number of hydrogen-bond donors (Lipinski definition) is 1. The molecule has 18 heavy (non-hydrogen) atoms. The van der Waals surface area contributed by atoms with Gasteiger partial charge in [-0.1, -0.05) is 6.07 Å². The summed E-state index contributed by atoms with van der Waals surface area (Å²) < 4.78 is 15.4. The van der Waals surface area contributed by atoms with Crippen molar-refractivity contribution in [2.75, 3.05) is 12.8 Å². The number of anilines is 1. The Morgan fingerprint density at radius 1 is 1.39 bits per heavy atom. The lowest BCUT2D eigenvalue weighted by Gasteiger charge is -2.17. The molecule has 0 amide bonds. The highest BCUT2D eigenvalue weighted by atomic mass is 19.1. The number of hydrogen-bond acceptors (Lipinski definition) is 3. The third kappa shape index (κ3) is 2.87. The van der Waals surface area contributed by atoms with Crippen LogP contribution in [0.1, 0.15) is 11.1 Å². The van der Waals surface area contributed by atoms with Crippen molar-refractivity contribution in [1.29, 1.82) is 0 Å². The van der Waals surface area contributed by atoms with Crippen LogP contribution in [0.4, 0.5) is 10.1 Å². The van der Waals surface area contributed by atoms with E-state index in [0.29, 0.717) is 24.3 Å². The van der Waals surface area contributed by atoms with Gasteiger partial charge >= 0.3 is 0 Å². The topological polar surface area (TPSA) is 47.1 Å². The molecule has 2 rings (SSSR count). The minimum atomic E-state index is -0.256. The highest BCUT2D eigenvalue weighted by molar-refractivity contribution is 5.47. The lowest BCUT2D eigenvalue weighted by Crippen LogP contribution is -2.18. The van der Waals surface area contributed by atoms with E-state index in [2.05, 4.69) is 5.10 Å². The molecule has 0 radical (unpaired) electrons. The van der Waals surface area contributed by atoms with Crippen molar-refractivity contribution in [2.24, 2.45) is 7.05 Å². The third-order valence-electron chi connectivity index (χ3n) is 2.79. The predicted octanol–water partition coefficient (Wildman–Crippen LogP) is 1.77. The maximum absolute atomic E-state index is 13.6. The van der Waals surface area contributed by atoms with Crippen molar-refractivity contribution in [1.82, 2.24) is 14.7 Å². The van der Waals surface area contributed by atoms with Gasteiger partial charge in [-0.3, -0.25) is 9.58 Å². The number of halogens is 1. The Labute approximate surface area is 106 Å². The van der Waals surface area contributed by atoms with E-state index in [1.165, 1.54) is 6.07 Å². The molecule has 0 aliphatic carbocycles. The maximum Gasteiger partial charge on any atom is 0.129 e. The SMILES string of the molecule is CN(Cc1cnn(C)c1)Cc1c(N)cccc1F. The summed E-state index contributed by atoms with van der Waals surface area (Å²) in [6, 6.07) is 4.77. The molecular weight excluding hydrogens is 231 g/mol. The van der Waals surface area contributed by atoms with Gasteiger partial charge in [-0.15, -0.1) is 0 Å². The Bertz CT molecular complexity index is 515. The fourth-order valence-corrected chi connectivity index (χ4v) is 1.93. The number of aromatic nitrogens is 2. The van der Waals surface area contributed by atoms with Crippen molar-refractivity contribution in [3.8, 4) is 0 Å². The standard InChI is InChI=1S/C13H17FN4/c1-17(7-10-6-16-18(2)8-10)9-11-12(14)4-3-5-13(11)15/h3-6,8H,7,9,15H2,1-2H3. The summed E-state index contributed by atoms with van der Waals surface area (Å²) in [5, 5.41) is 4.10. The van der Waals surface area contributed by atoms with Gasteiger partial charge in [0.1, 0.15) is 5.82 Å². The summed E-state index contributed by atoms with van der Waals surface area (Å²) in [5.41, 5.74) is 7.92. The average Bonchev–Trinajstić information content (AvgIpc) is 2.69. The molecule has 0 saturated carbocycles. The van der Waals surface area contributed by atoms with Gasteiger partial charge in [0.25, 0.3) is 0 Å². The van der Waals surface area contributed by atoms with E-state index in [0.717, 1.165) is 5.56 Å². The van der Waals surface area contributed by atoms with Crippen molar-refractivity contribution in [2.45, 2.75) is 13.1 Å². The summed E-state index contributed by atoms with van der Waals surface area (Å²) in [6.07, 6.45) is 3.75. The second-order valence-electron chi connectivity index (χ2n) is 4.50. The molecule has 2 N–H and O–H groups in total. The van der Waals surface area contributed by atoms with Crippen LogP contribution in [0.5, 0.6) is 0 Å². The van der Waals surface area contributed by atoms with Gasteiger partial charge in [-0.05, 0) is 19.2 Å². The highest BCUT2D eigenvalue weighted by Gasteiger charge is 2.10. The van der Waals surface area contributed by atoms with Crippen LogP contribution in [-0.2, 0) is 20.1 Å². The largest absolute Gasteiger partial charge is 0.398 e. The molecule has 0 aliphatic rings. The van der Waals surface area contributed by atoms with E-state index < -0.39 is 0 Å². The first-order chi connectivity index (χ1) is 8.56. The molecule has 4 nitrogen and oxygen atoms in total. The van der Waals surface area contributed by atoms with Gasteiger partial charge in [-0.25, -0.2) is 4.39 Å². The van der Waals surface area contributed by atoms with Crippen LogP contribution in [0.25, 0.3) is 0 Å². The van der Waals surface area contributed by atoms with Gasteiger partial charge < -0.3 is 5.73 Å². The van der Waals surface area contributed by atoms with E-state index in [1.54, 1.807) is 23.0 Å². The Hall–Kier alpha value is -1.88. The lowest BCUT2D eigenvalue weighted by atomic mass is 10.1. The number of aryl methyl sites for hydroxylation is 1. The number of nitrogens with two attached hydrogens (primary N) is 1. The van der Waals surface area contributed by atoms with Crippen molar-refractivity contribution >= 4 is 5.69 Å². The van der Waals surface area contributed by atoms with Gasteiger partial charge in [-0.2, -0.15) is 5.10 Å². The molecule has 0 aliphatic heterocycles. The van der Waals surface area contributed by atoms with Crippen LogP contribution in [0.15, 0.2) is 30.6 Å². The van der Waals surface area contributed by atoms with E-state index in [1.807, 2.05) is 25.2 Å². The molecule has 0 saturated heterocycles. The average molecular weight is 248 g/mol. The van der Waals surface area contributed by atoms with Crippen LogP contribution in [-0.4, -0.2) is 21.7 Å². The zero-order valence-electron chi connectivity index (χ0n) is 10.6. The molecule has 0 atom stereocenters. The van der Waals surface area contributed by atoms with E-state index in [4.69, 9.17) is 5.73 Å². The van der Waals surface area contributed by atoms with Crippen molar-refractivity contribution < 1.29 is 4.39 Å². The van der Waals surface area contributed by atoms with Crippen molar-refractivity contribution in [3.63, 3.8) is 0 Å². The molecule has 5 heteroatoms. The molecular formula is C13H17FN4. The van der Waals surface area contributed by atoms with Crippen LogP contribution >= 0.6 is 0 Å². The molecule has 0 unspecified atom stereocenters. The lowest BCUT2D eigenvalue weighted by molar-refractivity contribution is 0.314. The van der Waals surface area contributed by atoms with Gasteiger partial charge in [0.2, 0.25) is 0 Å². The highest BCUT2D eigenvalue weighted by Crippen LogP contribution is 2.18. The first-order valence-electron chi connectivity index (χ1n) is 5.75. The normalized spacial score (nSPS) is 11.1. The first kappa shape index (κ1) is 12.6. The predicted molar refractivity (Wildman–Crippen MR) is 69.2 cm³/mol. The van der Waals surface area contributed by atoms with Crippen LogP contribution in [0.2, 0.25) is 0 Å². The second kappa shape index (κ2) is 5.18. The monoisotopic (exact) mass is 248 g/mol. The Morgan fingerprint density at radius 3 is 2.78 bits per heavy atom. The summed E-state index contributed by atoms with van der Waals surface area (Å²) in [4.78, 5) is 2.01. The molecule has 0 spiro atoms. The minimum Gasteiger partial charge on any atom is -0.398 e. The molecule has 1 aromatic carbocycles. The molecule has 2 aromatic rings. The van der Waals surface area contributed by atoms with E-state index in [-0.39, 0.29) is 5.82 Å². The fraction of sp³-hybridized carbons (Fsp3) is 0.308.